The largest absolute Gasteiger partial charge is 0.481 e. The third-order valence-corrected chi connectivity index (χ3v) is 4.29. The Bertz CT molecular complexity index is 698. The molecule has 1 atom stereocenters. The minimum Gasteiger partial charge on any atom is -0.481 e. The van der Waals surface area contributed by atoms with Gasteiger partial charge < -0.3 is 10.1 Å². The number of hydrogen-bond donors (Lipinski definition) is 1. The Hall–Kier alpha value is -1.81. The average Bonchev–Trinajstić information content (AvgIpc) is 2.49. The van der Waals surface area contributed by atoms with Crippen LogP contribution in [0.25, 0.3) is 0 Å². The summed E-state index contributed by atoms with van der Waals surface area (Å²) in [6.07, 6.45) is -0.582. The molecule has 2 aromatic rings. The van der Waals surface area contributed by atoms with E-state index in [9.17, 15) is 4.79 Å². The second-order valence-corrected chi connectivity index (χ2v) is 6.78. The van der Waals surface area contributed by atoms with Crippen molar-refractivity contribution in [1.29, 1.82) is 0 Å². The SMILES string of the molecule is Cc1ccc(C(C)C)c(O[C@H](C)C(=O)Nc2ccccc2Br)c1. The molecule has 3 nitrogen and oxygen atoms in total. The van der Waals surface area contributed by atoms with Crippen molar-refractivity contribution < 1.29 is 9.53 Å². The molecule has 0 radical (unpaired) electrons. The van der Waals surface area contributed by atoms with Crippen molar-refractivity contribution >= 4 is 27.5 Å². The number of amides is 1. The highest BCUT2D eigenvalue weighted by atomic mass is 79.9. The molecule has 2 aromatic carbocycles. The molecule has 4 heteroatoms. The number of benzene rings is 2. The molecule has 0 bridgehead atoms. The highest BCUT2D eigenvalue weighted by Crippen LogP contribution is 2.28. The van der Waals surface area contributed by atoms with Gasteiger partial charge >= 0.3 is 0 Å². The average molecular weight is 376 g/mol. The summed E-state index contributed by atoms with van der Waals surface area (Å²) in [5.74, 6) is 0.937. The number of nitrogens with one attached hydrogen (secondary N) is 1. The van der Waals surface area contributed by atoms with Gasteiger partial charge in [0.2, 0.25) is 0 Å². The number of anilines is 1. The molecule has 1 N–H and O–H groups in total. The molecule has 122 valence electrons. The fourth-order valence-electron chi connectivity index (χ4n) is 2.26. The van der Waals surface area contributed by atoms with E-state index in [-0.39, 0.29) is 5.91 Å². The molecule has 0 aliphatic heterocycles. The van der Waals surface area contributed by atoms with Gasteiger partial charge in [-0.1, -0.05) is 38.1 Å². The summed E-state index contributed by atoms with van der Waals surface area (Å²) < 4.78 is 6.78. The van der Waals surface area contributed by atoms with Gasteiger partial charge in [0.05, 0.1) is 5.69 Å². The molecule has 0 unspecified atom stereocenters. The van der Waals surface area contributed by atoms with Crippen LogP contribution in [0, 0.1) is 6.92 Å². The van der Waals surface area contributed by atoms with Crippen LogP contribution < -0.4 is 10.1 Å². The Morgan fingerprint density at radius 3 is 2.48 bits per heavy atom. The summed E-state index contributed by atoms with van der Waals surface area (Å²) in [6.45, 7) is 8.01. The normalized spacial score (nSPS) is 12.1. The van der Waals surface area contributed by atoms with Crippen LogP contribution in [-0.4, -0.2) is 12.0 Å². The topological polar surface area (TPSA) is 38.3 Å². The van der Waals surface area contributed by atoms with E-state index < -0.39 is 6.10 Å². The zero-order valence-electron chi connectivity index (χ0n) is 13.9. The summed E-state index contributed by atoms with van der Waals surface area (Å²) in [7, 11) is 0. The van der Waals surface area contributed by atoms with Crippen LogP contribution >= 0.6 is 15.9 Å². The fourth-order valence-corrected chi connectivity index (χ4v) is 2.65. The van der Waals surface area contributed by atoms with Gasteiger partial charge in [-0.2, -0.15) is 0 Å². The van der Waals surface area contributed by atoms with Crippen molar-refractivity contribution in [3.63, 3.8) is 0 Å². The predicted octanol–water partition coefficient (Wildman–Crippen LogP) is 5.29. The van der Waals surface area contributed by atoms with E-state index in [1.54, 1.807) is 6.92 Å². The Morgan fingerprint density at radius 1 is 1.13 bits per heavy atom. The lowest BCUT2D eigenvalue weighted by Gasteiger charge is -2.19. The first-order valence-electron chi connectivity index (χ1n) is 7.71. The number of carbonyl (C=O) groups excluding carboxylic acids is 1. The summed E-state index contributed by atoms with van der Waals surface area (Å²) in [5, 5.41) is 2.88. The van der Waals surface area contributed by atoms with Crippen molar-refractivity contribution in [3.8, 4) is 5.75 Å². The van der Waals surface area contributed by atoms with Crippen molar-refractivity contribution in [2.75, 3.05) is 5.32 Å². The van der Waals surface area contributed by atoms with Gasteiger partial charge in [-0.05, 0) is 65.0 Å². The van der Waals surface area contributed by atoms with Crippen molar-refractivity contribution in [1.82, 2.24) is 0 Å². The lowest BCUT2D eigenvalue weighted by atomic mass is 10.0. The molecule has 0 saturated heterocycles. The molecule has 0 fully saturated rings. The van der Waals surface area contributed by atoms with E-state index in [1.807, 2.05) is 37.3 Å². The van der Waals surface area contributed by atoms with Crippen molar-refractivity contribution in [2.45, 2.75) is 39.7 Å². The van der Waals surface area contributed by atoms with Crippen LogP contribution in [0.1, 0.15) is 37.8 Å². The smallest absolute Gasteiger partial charge is 0.265 e. The van der Waals surface area contributed by atoms with Crippen LogP contribution in [0.15, 0.2) is 46.9 Å². The molecule has 0 heterocycles. The zero-order chi connectivity index (χ0) is 17.0. The molecular formula is C19H22BrNO2. The van der Waals surface area contributed by atoms with E-state index >= 15 is 0 Å². The zero-order valence-corrected chi connectivity index (χ0v) is 15.5. The third-order valence-electron chi connectivity index (χ3n) is 3.60. The molecule has 0 aliphatic rings. The molecule has 0 spiro atoms. The van der Waals surface area contributed by atoms with E-state index in [0.717, 1.165) is 27.0 Å². The minimum atomic E-state index is -0.582. The summed E-state index contributed by atoms with van der Waals surface area (Å²) in [5.41, 5.74) is 2.96. The van der Waals surface area contributed by atoms with Crippen LogP contribution in [0.5, 0.6) is 5.75 Å². The van der Waals surface area contributed by atoms with Crippen LogP contribution in [-0.2, 0) is 4.79 Å². The maximum atomic E-state index is 12.4. The number of ether oxygens (including phenoxy) is 1. The van der Waals surface area contributed by atoms with E-state index in [0.29, 0.717) is 5.92 Å². The predicted molar refractivity (Wildman–Crippen MR) is 98.1 cm³/mol. The van der Waals surface area contributed by atoms with Gasteiger partial charge in [-0.15, -0.1) is 0 Å². The van der Waals surface area contributed by atoms with Gasteiger partial charge in [0.15, 0.2) is 6.10 Å². The maximum absolute atomic E-state index is 12.4. The van der Waals surface area contributed by atoms with Crippen LogP contribution in [0.2, 0.25) is 0 Å². The van der Waals surface area contributed by atoms with Gasteiger partial charge in [0.25, 0.3) is 5.91 Å². The highest BCUT2D eigenvalue weighted by molar-refractivity contribution is 9.10. The van der Waals surface area contributed by atoms with Crippen molar-refractivity contribution in [3.05, 3.63) is 58.1 Å². The molecule has 0 aliphatic carbocycles. The number of rotatable bonds is 5. The van der Waals surface area contributed by atoms with E-state index in [2.05, 4.69) is 47.2 Å². The van der Waals surface area contributed by atoms with Gasteiger partial charge in [-0.3, -0.25) is 4.79 Å². The third kappa shape index (κ3) is 4.58. The molecule has 2 rings (SSSR count). The minimum absolute atomic E-state index is 0.173. The first kappa shape index (κ1) is 17.5. The van der Waals surface area contributed by atoms with E-state index in [4.69, 9.17) is 4.74 Å². The van der Waals surface area contributed by atoms with E-state index in [1.165, 1.54) is 0 Å². The molecule has 0 saturated carbocycles. The van der Waals surface area contributed by atoms with Gasteiger partial charge in [-0.25, -0.2) is 0 Å². The Labute approximate surface area is 146 Å². The first-order valence-corrected chi connectivity index (χ1v) is 8.50. The fraction of sp³-hybridized carbons (Fsp3) is 0.316. The molecule has 1 amide bonds. The molecular weight excluding hydrogens is 354 g/mol. The first-order chi connectivity index (χ1) is 10.9. The van der Waals surface area contributed by atoms with Crippen LogP contribution in [0.3, 0.4) is 0 Å². The monoisotopic (exact) mass is 375 g/mol. The molecule has 23 heavy (non-hydrogen) atoms. The number of carbonyl (C=O) groups is 1. The van der Waals surface area contributed by atoms with Crippen LogP contribution in [0.4, 0.5) is 5.69 Å². The Balaban J connectivity index is 2.13. The number of aryl methyl sites for hydroxylation is 1. The lowest BCUT2D eigenvalue weighted by molar-refractivity contribution is -0.122. The Kier molecular flexibility index (Phi) is 5.83. The quantitative estimate of drug-likeness (QED) is 0.770. The van der Waals surface area contributed by atoms with Gasteiger partial charge in [0, 0.05) is 4.47 Å². The number of para-hydroxylation sites is 1. The van der Waals surface area contributed by atoms with Crippen molar-refractivity contribution in [2.24, 2.45) is 0 Å². The number of halogens is 1. The maximum Gasteiger partial charge on any atom is 0.265 e. The lowest BCUT2D eigenvalue weighted by Crippen LogP contribution is -2.30. The summed E-state index contributed by atoms with van der Waals surface area (Å²) in [4.78, 5) is 12.4. The van der Waals surface area contributed by atoms with Gasteiger partial charge in [0.1, 0.15) is 5.75 Å². The Morgan fingerprint density at radius 2 is 1.83 bits per heavy atom. The second kappa shape index (κ2) is 7.64. The standard InChI is InChI=1S/C19H22BrNO2/c1-12(2)15-10-9-13(3)11-18(15)23-14(4)19(22)21-17-8-6-5-7-16(17)20/h5-12,14H,1-4H3,(H,21,22)/t14-/m1/s1. The number of hydrogen-bond acceptors (Lipinski definition) is 2. The second-order valence-electron chi connectivity index (χ2n) is 5.93. The summed E-state index contributed by atoms with van der Waals surface area (Å²) in [6, 6.07) is 13.6. The summed E-state index contributed by atoms with van der Waals surface area (Å²) >= 11 is 3.43. The highest BCUT2D eigenvalue weighted by Gasteiger charge is 2.18. The molecule has 0 aromatic heterocycles.